The minimum absolute atomic E-state index is 0.0390. The highest BCUT2D eigenvalue weighted by Crippen LogP contribution is 2.35. The molecule has 0 unspecified atom stereocenters. The van der Waals surface area contributed by atoms with Gasteiger partial charge in [-0.05, 0) is 43.4 Å². The fourth-order valence-corrected chi connectivity index (χ4v) is 4.23. The van der Waals surface area contributed by atoms with E-state index in [-0.39, 0.29) is 23.7 Å². The molecule has 0 bridgehead atoms. The first-order chi connectivity index (χ1) is 12.1. The van der Waals surface area contributed by atoms with Crippen molar-refractivity contribution in [3.63, 3.8) is 0 Å². The Morgan fingerprint density at radius 2 is 2.04 bits per heavy atom. The number of nitrogens with zero attached hydrogens (tertiary/aromatic N) is 2. The molecule has 2 N–H and O–H groups in total. The van der Waals surface area contributed by atoms with Crippen LogP contribution in [0.4, 0.5) is 10.1 Å². The summed E-state index contributed by atoms with van der Waals surface area (Å²) in [7, 11) is 0. The second kappa shape index (κ2) is 6.59. The second-order valence-corrected chi connectivity index (χ2v) is 6.95. The normalized spacial score (nSPS) is 24.8. The number of halogens is 1. The summed E-state index contributed by atoms with van der Waals surface area (Å²) in [6, 6.07) is 6.72. The van der Waals surface area contributed by atoms with Crippen LogP contribution >= 0.6 is 0 Å². The summed E-state index contributed by atoms with van der Waals surface area (Å²) >= 11 is 0. The first-order valence-electron chi connectivity index (χ1n) is 8.83. The maximum Gasteiger partial charge on any atom is 0.223 e. The van der Waals surface area contributed by atoms with Gasteiger partial charge in [-0.15, -0.1) is 0 Å². The van der Waals surface area contributed by atoms with Gasteiger partial charge in [0.25, 0.3) is 0 Å². The molecule has 1 aromatic carbocycles. The zero-order chi connectivity index (χ0) is 17.4. The van der Waals surface area contributed by atoms with Crippen molar-refractivity contribution >= 4 is 22.5 Å². The van der Waals surface area contributed by atoms with Crippen LogP contribution in [0.5, 0.6) is 0 Å². The van der Waals surface area contributed by atoms with E-state index in [2.05, 4.69) is 9.88 Å². The van der Waals surface area contributed by atoms with Crippen molar-refractivity contribution in [2.45, 2.75) is 25.4 Å². The number of amides is 1. The molecule has 2 fully saturated rings. The van der Waals surface area contributed by atoms with Crippen molar-refractivity contribution in [3.05, 3.63) is 36.3 Å². The molecule has 2 atom stereocenters. The molecular weight excluding hydrogens is 321 g/mol. The standard InChI is InChI=1S/C19H22FN3O2/c20-13-1-2-14-16(11-13)22-7-3-17(14)23-8-4-12(5-9-23)18-15(19(21)24)6-10-25-18/h1-3,7,11-12,15,18H,4-6,8-10H2,(H2,21,24)/t15-,18+/m0/s1. The van der Waals surface area contributed by atoms with E-state index in [9.17, 15) is 9.18 Å². The summed E-state index contributed by atoms with van der Waals surface area (Å²) in [6.07, 6.45) is 4.34. The van der Waals surface area contributed by atoms with Crippen molar-refractivity contribution in [1.82, 2.24) is 4.98 Å². The number of anilines is 1. The van der Waals surface area contributed by atoms with Gasteiger partial charge >= 0.3 is 0 Å². The Balaban J connectivity index is 1.50. The molecule has 2 aliphatic heterocycles. The average molecular weight is 343 g/mol. The molecule has 25 heavy (non-hydrogen) atoms. The number of ether oxygens (including phenoxy) is 1. The first kappa shape index (κ1) is 16.3. The van der Waals surface area contributed by atoms with Crippen molar-refractivity contribution < 1.29 is 13.9 Å². The van der Waals surface area contributed by atoms with Crippen LogP contribution in [-0.2, 0) is 9.53 Å². The molecule has 0 spiro atoms. The third-order valence-corrected chi connectivity index (χ3v) is 5.53. The number of carbonyl (C=O) groups is 1. The Kier molecular flexibility index (Phi) is 4.29. The van der Waals surface area contributed by atoms with Gasteiger partial charge in [-0.2, -0.15) is 0 Å². The predicted molar refractivity (Wildman–Crippen MR) is 93.7 cm³/mol. The second-order valence-electron chi connectivity index (χ2n) is 6.95. The molecule has 0 saturated carbocycles. The molecular formula is C19H22FN3O2. The quantitative estimate of drug-likeness (QED) is 0.930. The maximum absolute atomic E-state index is 13.4. The van der Waals surface area contributed by atoms with Gasteiger partial charge in [-0.25, -0.2) is 4.39 Å². The molecule has 5 nitrogen and oxygen atoms in total. The lowest BCUT2D eigenvalue weighted by Crippen LogP contribution is -2.42. The van der Waals surface area contributed by atoms with Crippen LogP contribution in [0.3, 0.4) is 0 Å². The molecule has 0 aliphatic carbocycles. The molecule has 2 saturated heterocycles. The monoisotopic (exact) mass is 343 g/mol. The van der Waals surface area contributed by atoms with Crippen molar-refractivity contribution in [2.75, 3.05) is 24.6 Å². The number of rotatable bonds is 3. The maximum atomic E-state index is 13.4. The molecule has 6 heteroatoms. The summed E-state index contributed by atoms with van der Waals surface area (Å²) in [4.78, 5) is 18.2. The van der Waals surface area contributed by atoms with Crippen LogP contribution in [-0.4, -0.2) is 36.7 Å². The number of hydrogen-bond donors (Lipinski definition) is 1. The largest absolute Gasteiger partial charge is 0.377 e. The molecule has 132 valence electrons. The van der Waals surface area contributed by atoms with Crippen LogP contribution in [0.25, 0.3) is 10.9 Å². The number of hydrogen-bond acceptors (Lipinski definition) is 4. The number of carbonyl (C=O) groups excluding carboxylic acids is 1. The van der Waals surface area contributed by atoms with Gasteiger partial charge in [-0.3, -0.25) is 9.78 Å². The highest BCUT2D eigenvalue weighted by Gasteiger charge is 2.39. The van der Waals surface area contributed by atoms with E-state index in [1.54, 1.807) is 12.3 Å². The summed E-state index contributed by atoms with van der Waals surface area (Å²) in [5, 5.41) is 0.967. The zero-order valence-electron chi connectivity index (χ0n) is 14.0. The average Bonchev–Trinajstić information content (AvgIpc) is 3.11. The van der Waals surface area contributed by atoms with Gasteiger partial charge in [0, 0.05) is 43.0 Å². The Morgan fingerprint density at radius 1 is 1.24 bits per heavy atom. The van der Waals surface area contributed by atoms with Crippen LogP contribution in [0.1, 0.15) is 19.3 Å². The van der Waals surface area contributed by atoms with E-state index in [0.29, 0.717) is 18.0 Å². The predicted octanol–water partition coefficient (Wildman–Crippen LogP) is 2.48. The van der Waals surface area contributed by atoms with Crippen LogP contribution in [0.15, 0.2) is 30.5 Å². The Morgan fingerprint density at radius 3 is 2.80 bits per heavy atom. The number of pyridine rings is 1. The van der Waals surface area contributed by atoms with Crippen molar-refractivity contribution in [1.29, 1.82) is 0 Å². The van der Waals surface area contributed by atoms with Gasteiger partial charge in [0.05, 0.1) is 17.5 Å². The minimum atomic E-state index is -0.272. The lowest BCUT2D eigenvalue weighted by molar-refractivity contribution is -0.124. The summed E-state index contributed by atoms with van der Waals surface area (Å²) in [5.41, 5.74) is 7.28. The SMILES string of the molecule is NC(=O)[C@H]1CCO[C@@H]1C1CCN(c2ccnc3cc(F)ccc23)CC1. The Hall–Kier alpha value is -2.21. The smallest absolute Gasteiger partial charge is 0.223 e. The van der Waals surface area contributed by atoms with E-state index in [1.165, 1.54) is 12.1 Å². The number of piperidine rings is 1. The number of benzene rings is 1. The van der Waals surface area contributed by atoms with Crippen LogP contribution < -0.4 is 10.6 Å². The minimum Gasteiger partial charge on any atom is -0.377 e. The van der Waals surface area contributed by atoms with Gasteiger partial charge in [0.1, 0.15) is 5.82 Å². The Bertz CT molecular complexity index is 789. The lowest BCUT2D eigenvalue weighted by Gasteiger charge is -2.37. The van der Waals surface area contributed by atoms with Crippen LogP contribution in [0.2, 0.25) is 0 Å². The van der Waals surface area contributed by atoms with Crippen molar-refractivity contribution in [3.8, 4) is 0 Å². The summed E-state index contributed by atoms with van der Waals surface area (Å²) in [5.74, 6) is -0.304. The van der Waals surface area contributed by atoms with Gasteiger partial charge < -0.3 is 15.4 Å². The van der Waals surface area contributed by atoms with Crippen molar-refractivity contribution in [2.24, 2.45) is 17.6 Å². The van der Waals surface area contributed by atoms with Gasteiger partial charge in [-0.1, -0.05) is 0 Å². The van der Waals surface area contributed by atoms with Crippen LogP contribution in [0, 0.1) is 17.7 Å². The number of nitrogens with two attached hydrogens (primary N) is 1. The van der Waals surface area contributed by atoms with E-state index in [0.717, 1.165) is 43.4 Å². The first-order valence-corrected chi connectivity index (χ1v) is 8.83. The van der Waals surface area contributed by atoms with E-state index >= 15 is 0 Å². The topological polar surface area (TPSA) is 68.5 Å². The third-order valence-electron chi connectivity index (χ3n) is 5.53. The number of aromatic nitrogens is 1. The molecule has 1 aromatic heterocycles. The van der Waals surface area contributed by atoms with E-state index in [4.69, 9.17) is 10.5 Å². The van der Waals surface area contributed by atoms with E-state index in [1.807, 2.05) is 6.07 Å². The lowest BCUT2D eigenvalue weighted by atomic mass is 9.84. The van der Waals surface area contributed by atoms with Gasteiger partial charge in [0.2, 0.25) is 5.91 Å². The highest BCUT2D eigenvalue weighted by molar-refractivity contribution is 5.91. The molecule has 0 radical (unpaired) electrons. The van der Waals surface area contributed by atoms with Gasteiger partial charge in [0.15, 0.2) is 0 Å². The van der Waals surface area contributed by atoms with E-state index < -0.39 is 0 Å². The Labute approximate surface area is 146 Å². The summed E-state index contributed by atoms with van der Waals surface area (Å²) in [6.45, 7) is 2.39. The molecule has 2 aliphatic rings. The molecule has 2 aromatic rings. The molecule has 4 rings (SSSR count). The fraction of sp³-hybridized carbons (Fsp3) is 0.474. The fourth-order valence-electron chi connectivity index (χ4n) is 4.23. The number of fused-ring (bicyclic) bond motifs is 1. The molecule has 1 amide bonds. The highest BCUT2D eigenvalue weighted by atomic mass is 19.1. The zero-order valence-corrected chi connectivity index (χ0v) is 14.0. The summed E-state index contributed by atoms with van der Waals surface area (Å²) < 4.78 is 19.3. The third kappa shape index (κ3) is 3.06. The molecule has 3 heterocycles. The number of primary amides is 1.